The molecule has 0 unspecified atom stereocenters. The molecule has 0 aliphatic carbocycles. The van der Waals surface area contributed by atoms with Gasteiger partial charge in [-0.05, 0) is 44.2 Å². The maximum absolute atomic E-state index is 12.9. The van der Waals surface area contributed by atoms with E-state index in [2.05, 4.69) is 5.10 Å². The van der Waals surface area contributed by atoms with Gasteiger partial charge in [0.25, 0.3) is 5.91 Å². The van der Waals surface area contributed by atoms with E-state index >= 15 is 0 Å². The lowest BCUT2D eigenvalue weighted by atomic mass is 10.2. The van der Waals surface area contributed by atoms with Gasteiger partial charge in [-0.25, -0.2) is 9.48 Å². The minimum atomic E-state index is -0.656. The van der Waals surface area contributed by atoms with Crippen LogP contribution < -0.4 is 14.4 Å². The molecule has 0 radical (unpaired) electrons. The number of nitriles is 1. The SMILES string of the molecule is Cc1nn(-c2ccccc2)c(C)c1/C=C/C(=O)OCC(=O)N(CCC#N)c1ccc2c(c1)OCCO2. The molecule has 1 amide bonds. The molecule has 1 aliphatic heterocycles. The highest BCUT2D eigenvalue weighted by molar-refractivity contribution is 5.97. The lowest BCUT2D eigenvalue weighted by Gasteiger charge is -2.24. The largest absolute Gasteiger partial charge is 0.486 e. The zero-order chi connectivity index (χ0) is 25.5. The fraction of sp³-hybridized carbons (Fsp3) is 0.259. The second-order valence-corrected chi connectivity index (χ2v) is 8.05. The summed E-state index contributed by atoms with van der Waals surface area (Å²) in [5.41, 5.74) is 3.89. The molecule has 0 spiro atoms. The molecule has 0 bridgehead atoms. The van der Waals surface area contributed by atoms with Crippen LogP contribution >= 0.6 is 0 Å². The molecule has 9 nitrogen and oxygen atoms in total. The Morgan fingerprint density at radius 2 is 1.89 bits per heavy atom. The van der Waals surface area contributed by atoms with Gasteiger partial charge in [-0.15, -0.1) is 0 Å². The third-order valence-electron chi connectivity index (χ3n) is 5.66. The van der Waals surface area contributed by atoms with Gasteiger partial charge in [-0.2, -0.15) is 10.4 Å². The van der Waals surface area contributed by atoms with E-state index in [4.69, 9.17) is 19.5 Å². The van der Waals surface area contributed by atoms with Crippen LogP contribution in [0.5, 0.6) is 11.5 Å². The van der Waals surface area contributed by atoms with Crippen LogP contribution in [-0.4, -0.2) is 48.0 Å². The van der Waals surface area contributed by atoms with E-state index < -0.39 is 18.5 Å². The Labute approximate surface area is 209 Å². The molecule has 0 saturated carbocycles. The number of rotatable bonds is 8. The molecule has 1 aromatic heterocycles. The van der Waals surface area contributed by atoms with Gasteiger partial charge in [0.2, 0.25) is 0 Å². The van der Waals surface area contributed by atoms with Crippen LogP contribution in [-0.2, 0) is 14.3 Å². The molecule has 0 fully saturated rings. The predicted octanol–water partition coefficient (Wildman–Crippen LogP) is 3.76. The van der Waals surface area contributed by atoms with Crippen molar-refractivity contribution >= 4 is 23.6 Å². The van der Waals surface area contributed by atoms with Gasteiger partial charge in [0.15, 0.2) is 18.1 Å². The first-order valence-electron chi connectivity index (χ1n) is 11.5. The summed E-state index contributed by atoms with van der Waals surface area (Å²) >= 11 is 0. The van der Waals surface area contributed by atoms with Crippen LogP contribution in [0.2, 0.25) is 0 Å². The number of nitrogens with zero attached hydrogens (tertiary/aromatic N) is 4. The van der Waals surface area contributed by atoms with Crippen molar-refractivity contribution in [1.82, 2.24) is 9.78 Å². The number of anilines is 1. The lowest BCUT2D eigenvalue weighted by Crippen LogP contribution is -2.35. The Morgan fingerprint density at radius 1 is 1.14 bits per heavy atom. The van der Waals surface area contributed by atoms with E-state index in [0.717, 1.165) is 22.6 Å². The number of hydrogen-bond acceptors (Lipinski definition) is 7. The molecule has 9 heteroatoms. The monoisotopic (exact) mass is 486 g/mol. The van der Waals surface area contributed by atoms with Gasteiger partial charge in [-0.1, -0.05) is 18.2 Å². The summed E-state index contributed by atoms with van der Waals surface area (Å²) < 4.78 is 18.1. The van der Waals surface area contributed by atoms with E-state index in [-0.39, 0.29) is 13.0 Å². The van der Waals surface area contributed by atoms with Crippen LogP contribution in [0.25, 0.3) is 11.8 Å². The van der Waals surface area contributed by atoms with Gasteiger partial charge in [0.05, 0.1) is 23.9 Å². The molecule has 4 rings (SSSR count). The molecule has 0 N–H and O–H groups in total. The topological polar surface area (TPSA) is 107 Å². The van der Waals surface area contributed by atoms with E-state index in [9.17, 15) is 9.59 Å². The molecule has 2 aromatic carbocycles. The van der Waals surface area contributed by atoms with Crippen molar-refractivity contribution in [3.05, 3.63) is 71.6 Å². The van der Waals surface area contributed by atoms with Gasteiger partial charge in [-0.3, -0.25) is 4.79 Å². The average molecular weight is 487 g/mol. The summed E-state index contributed by atoms with van der Waals surface area (Å²) in [6.45, 7) is 4.34. The molecule has 2 heterocycles. The summed E-state index contributed by atoms with van der Waals surface area (Å²) in [6, 6.07) is 16.8. The number of esters is 1. The van der Waals surface area contributed by atoms with Gasteiger partial charge >= 0.3 is 5.97 Å². The fourth-order valence-electron chi connectivity index (χ4n) is 3.89. The van der Waals surface area contributed by atoms with E-state index in [1.54, 1.807) is 24.3 Å². The molecule has 1 aliphatic rings. The number of benzene rings is 2. The highest BCUT2D eigenvalue weighted by atomic mass is 16.6. The Hall–Kier alpha value is -4.58. The normalized spacial score (nSPS) is 12.2. The lowest BCUT2D eigenvalue weighted by molar-refractivity contribution is -0.142. The van der Waals surface area contributed by atoms with Crippen molar-refractivity contribution in [3.8, 4) is 23.3 Å². The van der Waals surface area contributed by atoms with Crippen LogP contribution in [0, 0.1) is 25.2 Å². The van der Waals surface area contributed by atoms with Crippen molar-refractivity contribution in [1.29, 1.82) is 5.26 Å². The van der Waals surface area contributed by atoms with E-state index in [0.29, 0.717) is 30.4 Å². The number of hydrogen-bond donors (Lipinski definition) is 0. The van der Waals surface area contributed by atoms with Crippen molar-refractivity contribution in [3.63, 3.8) is 0 Å². The summed E-state index contributed by atoms with van der Waals surface area (Å²) in [5, 5.41) is 13.6. The average Bonchev–Trinajstić information content (AvgIpc) is 3.19. The summed E-state index contributed by atoms with van der Waals surface area (Å²) in [4.78, 5) is 26.7. The third-order valence-corrected chi connectivity index (χ3v) is 5.66. The minimum absolute atomic E-state index is 0.123. The molecule has 0 atom stereocenters. The number of amides is 1. The molecule has 0 saturated heterocycles. The van der Waals surface area contributed by atoms with Crippen LogP contribution in [0.4, 0.5) is 5.69 Å². The zero-order valence-corrected chi connectivity index (χ0v) is 20.1. The first kappa shape index (κ1) is 24.5. The Kier molecular flexibility index (Phi) is 7.66. The van der Waals surface area contributed by atoms with E-state index in [1.807, 2.05) is 54.9 Å². The second-order valence-electron chi connectivity index (χ2n) is 8.05. The van der Waals surface area contributed by atoms with Gasteiger partial charge in [0.1, 0.15) is 13.2 Å². The molecule has 3 aromatic rings. The summed E-state index contributed by atoms with van der Waals surface area (Å²) in [6.07, 6.45) is 3.04. The molecule has 36 heavy (non-hydrogen) atoms. The van der Waals surface area contributed by atoms with Crippen molar-refractivity contribution in [2.75, 3.05) is 31.3 Å². The summed E-state index contributed by atoms with van der Waals surface area (Å²) in [7, 11) is 0. The Balaban J connectivity index is 1.42. The van der Waals surface area contributed by atoms with Crippen LogP contribution in [0.3, 0.4) is 0 Å². The van der Waals surface area contributed by atoms with Crippen LogP contribution in [0.15, 0.2) is 54.6 Å². The number of ether oxygens (including phenoxy) is 3. The maximum Gasteiger partial charge on any atom is 0.331 e. The standard InChI is InChI=1S/C27H26N4O5/c1-19-23(20(2)31(29-19)21-7-4-3-5-8-21)10-12-27(33)36-18-26(32)30(14-6-13-28)22-9-11-24-25(17-22)35-16-15-34-24/h3-5,7-12,17H,6,14-16,18H2,1-2H3/b12-10+. The molecule has 184 valence electrons. The zero-order valence-electron chi connectivity index (χ0n) is 20.1. The van der Waals surface area contributed by atoms with E-state index in [1.165, 1.54) is 11.0 Å². The smallest absolute Gasteiger partial charge is 0.331 e. The summed E-state index contributed by atoms with van der Waals surface area (Å²) in [5.74, 6) is 0.00981. The molecular weight excluding hydrogens is 460 g/mol. The highest BCUT2D eigenvalue weighted by Gasteiger charge is 2.20. The predicted molar refractivity (Wildman–Crippen MR) is 133 cm³/mol. The third kappa shape index (κ3) is 5.55. The minimum Gasteiger partial charge on any atom is -0.486 e. The van der Waals surface area contributed by atoms with Crippen LogP contribution in [0.1, 0.15) is 23.4 Å². The fourth-order valence-corrected chi connectivity index (χ4v) is 3.89. The van der Waals surface area contributed by atoms with Crippen molar-refractivity contribution in [2.24, 2.45) is 0 Å². The van der Waals surface area contributed by atoms with Crippen molar-refractivity contribution in [2.45, 2.75) is 20.3 Å². The number of carbonyl (C=O) groups is 2. The van der Waals surface area contributed by atoms with Gasteiger partial charge < -0.3 is 19.1 Å². The van der Waals surface area contributed by atoms with Crippen molar-refractivity contribution < 1.29 is 23.8 Å². The molecular formula is C27H26N4O5. The maximum atomic E-state index is 12.9. The number of carbonyl (C=O) groups excluding carboxylic acids is 2. The number of para-hydroxylation sites is 1. The number of aryl methyl sites for hydroxylation is 1. The first-order chi connectivity index (χ1) is 17.5. The Bertz CT molecular complexity index is 1320. The number of fused-ring (bicyclic) bond motifs is 1. The van der Waals surface area contributed by atoms with Gasteiger partial charge in [0, 0.05) is 35.6 Å². The first-order valence-corrected chi connectivity index (χ1v) is 11.5. The number of aromatic nitrogens is 2. The Morgan fingerprint density at radius 3 is 2.64 bits per heavy atom. The quantitative estimate of drug-likeness (QED) is 0.352. The second kappa shape index (κ2) is 11.2. The highest BCUT2D eigenvalue weighted by Crippen LogP contribution is 2.34.